The molecule has 0 unspecified atom stereocenters. The summed E-state index contributed by atoms with van der Waals surface area (Å²) in [4.78, 5) is 17.8. The van der Waals surface area contributed by atoms with E-state index >= 15 is 0 Å². The van der Waals surface area contributed by atoms with Crippen LogP contribution in [-0.4, -0.2) is 28.2 Å². The molecule has 3 heterocycles. The van der Waals surface area contributed by atoms with Crippen LogP contribution in [0.4, 0.5) is 11.5 Å². The Labute approximate surface area is 177 Å². The van der Waals surface area contributed by atoms with Gasteiger partial charge < -0.3 is 15.4 Å². The maximum absolute atomic E-state index is 12.8. The van der Waals surface area contributed by atoms with Crippen molar-refractivity contribution in [3.63, 3.8) is 0 Å². The quantitative estimate of drug-likeness (QED) is 0.395. The number of benzene rings is 1. The first-order chi connectivity index (χ1) is 14.6. The minimum absolute atomic E-state index is 0.218. The number of aromatic nitrogens is 3. The Kier molecular flexibility index (Phi) is 5.49. The summed E-state index contributed by atoms with van der Waals surface area (Å²) < 4.78 is 5.51. The van der Waals surface area contributed by atoms with Gasteiger partial charge in [0.15, 0.2) is 5.82 Å². The van der Waals surface area contributed by atoms with Crippen LogP contribution in [0.3, 0.4) is 0 Å². The van der Waals surface area contributed by atoms with Crippen LogP contribution in [0.5, 0.6) is 5.75 Å². The van der Waals surface area contributed by atoms with Crippen LogP contribution in [-0.2, 0) is 6.54 Å². The lowest BCUT2D eigenvalue weighted by Crippen LogP contribution is -2.13. The number of nitrogens with zero attached hydrogens (tertiary/aromatic N) is 2. The van der Waals surface area contributed by atoms with Crippen molar-refractivity contribution in [1.29, 1.82) is 0 Å². The van der Waals surface area contributed by atoms with Crippen LogP contribution < -0.4 is 15.4 Å². The molecule has 4 rings (SSSR count). The van der Waals surface area contributed by atoms with Crippen molar-refractivity contribution in [2.24, 2.45) is 0 Å². The number of carbonyl (C=O) groups is 1. The van der Waals surface area contributed by atoms with Crippen LogP contribution >= 0.6 is 11.3 Å². The molecule has 0 atom stereocenters. The molecule has 0 radical (unpaired) electrons. The smallest absolute Gasteiger partial charge is 0.269 e. The number of aromatic amines is 1. The molecule has 0 aliphatic rings. The van der Waals surface area contributed by atoms with Gasteiger partial charge in [0.25, 0.3) is 5.91 Å². The van der Waals surface area contributed by atoms with Crippen molar-refractivity contribution >= 4 is 45.2 Å². The van der Waals surface area contributed by atoms with E-state index in [4.69, 9.17) is 4.74 Å². The molecular formula is C22H21N5O2S. The zero-order valence-electron chi connectivity index (χ0n) is 16.7. The van der Waals surface area contributed by atoms with Gasteiger partial charge in [0.05, 0.1) is 24.0 Å². The Hall–Kier alpha value is -3.65. The maximum atomic E-state index is 12.8. The van der Waals surface area contributed by atoms with Gasteiger partial charge in [0.1, 0.15) is 10.6 Å². The third-order valence-electron chi connectivity index (χ3n) is 4.65. The summed E-state index contributed by atoms with van der Waals surface area (Å²) in [5.41, 5.74) is 4.29. The van der Waals surface area contributed by atoms with Gasteiger partial charge in [-0.1, -0.05) is 12.6 Å². The number of carbonyl (C=O) groups excluding carboxylic acids is 1. The average Bonchev–Trinajstić information content (AvgIpc) is 3.41. The summed E-state index contributed by atoms with van der Waals surface area (Å²) in [6.07, 6.45) is 1.77. The van der Waals surface area contributed by atoms with Crippen LogP contribution in [0, 0.1) is 0 Å². The van der Waals surface area contributed by atoms with Gasteiger partial charge in [-0.05, 0) is 47.7 Å². The molecule has 0 saturated carbocycles. The minimum Gasteiger partial charge on any atom is -0.496 e. The number of allylic oxidation sites excluding steroid dienone is 1. The average molecular weight is 420 g/mol. The molecule has 0 fully saturated rings. The fourth-order valence-corrected chi connectivity index (χ4v) is 3.92. The fourth-order valence-electron chi connectivity index (χ4n) is 3.15. The summed E-state index contributed by atoms with van der Waals surface area (Å²) in [7, 11) is 1.65. The topological polar surface area (TPSA) is 91.9 Å². The van der Waals surface area contributed by atoms with Crippen molar-refractivity contribution in [2.75, 3.05) is 17.7 Å². The zero-order valence-corrected chi connectivity index (χ0v) is 17.5. The number of H-pyrrole nitrogens is 1. The maximum Gasteiger partial charge on any atom is 0.269 e. The zero-order chi connectivity index (χ0) is 21.1. The molecule has 7 nitrogen and oxygen atoms in total. The normalized spacial score (nSPS) is 10.7. The monoisotopic (exact) mass is 419 g/mol. The van der Waals surface area contributed by atoms with E-state index in [2.05, 4.69) is 32.4 Å². The molecular weight excluding hydrogens is 398 g/mol. The summed E-state index contributed by atoms with van der Waals surface area (Å²) in [5.74, 6) is 1.01. The van der Waals surface area contributed by atoms with Gasteiger partial charge in [0, 0.05) is 24.2 Å². The molecule has 1 aromatic carbocycles. The molecule has 0 aliphatic carbocycles. The predicted octanol–water partition coefficient (Wildman–Crippen LogP) is 4.93. The molecule has 4 aromatic rings. The number of fused-ring (bicyclic) bond motifs is 1. The largest absolute Gasteiger partial charge is 0.496 e. The summed E-state index contributed by atoms with van der Waals surface area (Å²) >= 11 is 1.37. The van der Waals surface area contributed by atoms with Crippen LogP contribution in [0.2, 0.25) is 0 Å². The number of hydrogen-bond acceptors (Lipinski definition) is 6. The van der Waals surface area contributed by atoms with Gasteiger partial charge in [0.2, 0.25) is 0 Å². The van der Waals surface area contributed by atoms with Crippen molar-refractivity contribution in [1.82, 2.24) is 15.2 Å². The van der Waals surface area contributed by atoms with E-state index in [9.17, 15) is 4.79 Å². The Morgan fingerprint density at radius 3 is 2.93 bits per heavy atom. The van der Waals surface area contributed by atoms with Crippen LogP contribution in [0.1, 0.15) is 27.9 Å². The minimum atomic E-state index is -0.218. The highest BCUT2D eigenvalue weighted by atomic mass is 32.1. The van der Waals surface area contributed by atoms with Crippen LogP contribution in [0.15, 0.2) is 54.6 Å². The van der Waals surface area contributed by atoms with Gasteiger partial charge in [-0.25, -0.2) is 0 Å². The van der Waals surface area contributed by atoms with E-state index in [0.717, 1.165) is 39.2 Å². The van der Waals surface area contributed by atoms with E-state index in [1.165, 1.54) is 11.3 Å². The van der Waals surface area contributed by atoms with E-state index < -0.39 is 0 Å². The lowest BCUT2D eigenvalue weighted by Gasteiger charge is -2.12. The van der Waals surface area contributed by atoms with Crippen molar-refractivity contribution < 1.29 is 9.53 Å². The van der Waals surface area contributed by atoms with Gasteiger partial charge in [-0.2, -0.15) is 5.10 Å². The van der Waals surface area contributed by atoms with Gasteiger partial charge in [-0.15, -0.1) is 11.3 Å². The summed E-state index contributed by atoms with van der Waals surface area (Å²) in [5, 5.41) is 16.0. The molecule has 0 bridgehead atoms. The molecule has 0 aliphatic heterocycles. The lowest BCUT2D eigenvalue weighted by molar-refractivity contribution is 0.103. The molecule has 3 aromatic heterocycles. The predicted molar refractivity (Wildman–Crippen MR) is 121 cm³/mol. The SMILES string of the molecule is C=C(C)c1cc(NC(=O)c2sccc2NCc2ccnc3cccc(OC)c23)n[nH]1. The fraction of sp³-hybridized carbons (Fsp3) is 0.136. The number of ether oxygens (including phenoxy) is 1. The van der Waals surface area contributed by atoms with E-state index in [1.54, 1.807) is 19.4 Å². The van der Waals surface area contributed by atoms with E-state index in [-0.39, 0.29) is 5.91 Å². The third kappa shape index (κ3) is 3.90. The highest BCUT2D eigenvalue weighted by molar-refractivity contribution is 7.12. The second-order valence-corrected chi connectivity index (χ2v) is 7.66. The number of anilines is 2. The number of thiophene rings is 1. The second-order valence-electron chi connectivity index (χ2n) is 6.74. The molecule has 0 spiro atoms. The number of hydrogen-bond donors (Lipinski definition) is 3. The Morgan fingerprint density at radius 1 is 1.30 bits per heavy atom. The van der Waals surface area contributed by atoms with Crippen molar-refractivity contribution in [2.45, 2.75) is 13.5 Å². The molecule has 8 heteroatoms. The summed E-state index contributed by atoms with van der Waals surface area (Å²) in [6.45, 7) is 6.26. The molecule has 1 amide bonds. The number of pyridine rings is 1. The third-order valence-corrected chi connectivity index (χ3v) is 5.57. The van der Waals surface area contributed by atoms with Crippen LogP contribution in [0.25, 0.3) is 16.5 Å². The van der Waals surface area contributed by atoms with Crippen molar-refractivity contribution in [3.8, 4) is 5.75 Å². The van der Waals surface area contributed by atoms with Gasteiger partial charge >= 0.3 is 0 Å². The molecule has 30 heavy (non-hydrogen) atoms. The van der Waals surface area contributed by atoms with Crippen molar-refractivity contribution in [3.05, 3.63) is 70.7 Å². The van der Waals surface area contributed by atoms with E-state index in [1.807, 2.05) is 42.6 Å². The molecule has 152 valence electrons. The first kappa shape index (κ1) is 19.7. The Bertz CT molecular complexity index is 1220. The highest BCUT2D eigenvalue weighted by Crippen LogP contribution is 2.29. The number of rotatable bonds is 7. The highest BCUT2D eigenvalue weighted by Gasteiger charge is 2.16. The Morgan fingerprint density at radius 2 is 2.17 bits per heavy atom. The van der Waals surface area contributed by atoms with E-state index in [0.29, 0.717) is 17.2 Å². The number of nitrogens with one attached hydrogen (secondary N) is 3. The summed E-state index contributed by atoms with van der Waals surface area (Å²) in [6, 6.07) is 11.4. The molecule has 3 N–H and O–H groups in total. The first-order valence-electron chi connectivity index (χ1n) is 9.31. The standard InChI is InChI=1S/C22H21N5O2S/c1-13(2)17-11-19(27-26-17)25-22(28)21-16(8-10-30-21)24-12-14-7-9-23-15-5-4-6-18(29-3)20(14)15/h4-11,24H,1,12H2,2-3H3,(H2,25,26,27,28). The molecule has 0 saturated heterocycles. The number of amides is 1. The first-order valence-corrected chi connectivity index (χ1v) is 10.2. The number of methoxy groups -OCH3 is 1. The Balaban J connectivity index is 1.52. The van der Waals surface area contributed by atoms with Gasteiger partial charge in [-0.3, -0.25) is 14.9 Å². The second kappa shape index (κ2) is 8.38. The lowest BCUT2D eigenvalue weighted by atomic mass is 10.1.